The van der Waals surface area contributed by atoms with Gasteiger partial charge in [-0.1, -0.05) is 19.1 Å². The van der Waals surface area contributed by atoms with E-state index in [-0.39, 0.29) is 16.8 Å². The molecule has 1 atom stereocenters. The van der Waals surface area contributed by atoms with Crippen LogP contribution in [0.15, 0.2) is 24.3 Å². The number of ketones is 1. The molecule has 0 saturated carbocycles. The molecule has 2 heteroatoms. The molecule has 2 rings (SSSR count). The van der Waals surface area contributed by atoms with Crippen molar-refractivity contribution in [1.82, 2.24) is 0 Å². The van der Waals surface area contributed by atoms with Gasteiger partial charge in [-0.05, 0) is 38.8 Å². The van der Waals surface area contributed by atoms with Crippen LogP contribution in [-0.4, -0.2) is 17.5 Å². The van der Waals surface area contributed by atoms with Crippen molar-refractivity contribution in [2.45, 2.75) is 45.3 Å². The van der Waals surface area contributed by atoms with Gasteiger partial charge in [-0.2, -0.15) is 0 Å². The number of hydrogen-bond acceptors (Lipinski definition) is 2. The first-order valence-corrected chi connectivity index (χ1v) is 5.52. The zero-order chi connectivity index (χ0) is 11.1. The van der Waals surface area contributed by atoms with Gasteiger partial charge in [-0.3, -0.25) is 4.79 Å². The van der Waals surface area contributed by atoms with Gasteiger partial charge in [0, 0.05) is 5.41 Å². The van der Waals surface area contributed by atoms with Crippen molar-refractivity contribution in [1.29, 1.82) is 0 Å². The molecule has 0 aromatic heterocycles. The zero-order valence-corrected chi connectivity index (χ0v) is 9.62. The number of hydrogen-bond donors (Lipinski definition) is 0. The lowest BCUT2D eigenvalue weighted by molar-refractivity contribution is -0.110. The molecule has 0 aromatic carbocycles. The van der Waals surface area contributed by atoms with E-state index >= 15 is 0 Å². The predicted octanol–water partition coefficient (Wildman–Crippen LogP) is 2.65. The van der Waals surface area contributed by atoms with E-state index in [0.29, 0.717) is 6.10 Å². The van der Waals surface area contributed by atoms with Crippen LogP contribution < -0.4 is 0 Å². The third kappa shape index (κ3) is 2.37. The Bertz CT molecular complexity index is 320. The van der Waals surface area contributed by atoms with Crippen molar-refractivity contribution < 1.29 is 9.53 Å². The van der Waals surface area contributed by atoms with Gasteiger partial charge in [0.25, 0.3) is 0 Å². The van der Waals surface area contributed by atoms with Gasteiger partial charge in [0.15, 0.2) is 5.78 Å². The lowest BCUT2D eigenvalue weighted by Gasteiger charge is -2.23. The lowest BCUT2D eigenvalue weighted by atomic mass is 9.81. The van der Waals surface area contributed by atoms with E-state index in [1.807, 2.05) is 12.2 Å². The maximum absolute atomic E-state index is 11.0. The van der Waals surface area contributed by atoms with E-state index < -0.39 is 0 Å². The summed E-state index contributed by atoms with van der Waals surface area (Å²) in [5.74, 6) is 0.0930. The summed E-state index contributed by atoms with van der Waals surface area (Å²) >= 11 is 0. The third-order valence-electron chi connectivity index (χ3n) is 3.37. The summed E-state index contributed by atoms with van der Waals surface area (Å²) in [4.78, 5) is 11.0. The minimum absolute atomic E-state index is 0.0376. The van der Waals surface area contributed by atoms with Gasteiger partial charge in [0.2, 0.25) is 0 Å². The fraction of sp³-hybridized carbons (Fsp3) is 0.615. The molecule has 0 radical (unpaired) electrons. The molecule has 0 amide bonds. The van der Waals surface area contributed by atoms with Crippen LogP contribution in [0.4, 0.5) is 0 Å². The quantitative estimate of drug-likeness (QED) is 0.664. The summed E-state index contributed by atoms with van der Waals surface area (Å²) < 4.78 is 5.55. The smallest absolute Gasteiger partial charge is 0.178 e. The van der Waals surface area contributed by atoms with E-state index in [1.54, 1.807) is 12.2 Å². The van der Waals surface area contributed by atoms with E-state index in [1.165, 1.54) is 0 Å². The molecule has 1 aliphatic carbocycles. The fourth-order valence-corrected chi connectivity index (χ4v) is 2.00. The van der Waals surface area contributed by atoms with Crippen molar-refractivity contribution in [3.63, 3.8) is 0 Å². The average molecular weight is 206 g/mol. The number of epoxide rings is 1. The topological polar surface area (TPSA) is 29.6 Å². The second-order valence-corrected chi connectivity index (χ2v) is 5.32. The van der Waals surface area contributed by atoms with Crippen LogP contribution in [0.25, 0.3) is 0 Å². The Hall–Kier alpha value is -0.890. The SMILES string of the molecule is CC1(CCC2OC2(C)C)C=CC(=O)C=C1. The molecule has 0 aromatic rings. The van der Waals surface area contributed by atoms with Crippen LogP contribution in [0.1, 0.15) is 33.6 Å². The molecule has 1 aliphatic heterocycles. The summed E-state index contributed by atoms with van der Waals surface area (Å²) in [6.07, 6.45) is 9.84. The monoisotopic (exact) mass is 206 g/mol. The molecule has 15 heavy (non-hydrogen) atoms. The van der Waals surface area contributed by atoms with Gasteiger partial charge in [0.05, 0.1) is 11.7 Å². The highest BCUT2D eigenvalue weighted by Crippen LogP contribution is 2.41. The Labute approximate surface area is 91.0 Å². The van der Waals surface area contributed by atoms with Crippen LogP contribution in [0, 0.1) is 5.41 Å². The van der Waals surface area contributed by atoms with Crippen molar-refractivity contribution >= 4 is 5.78 Å². The number of allylic oxidation sites excluding steroid dienone is 4. The highest BCUT2D eigenvalue weighted by Gasteiger charge is 2.47. The van der Waals surface area contributed by atoms with Crippen LogP contribution in [0.3, 0.4) is 0 Å². The molecule has 1 heterocycles. The number of carbonyl (C=O) groups is 1. The molecule has 1 saturated heterocycles. The Balaban J connectivity index is 1.87. The van der Waals surface area contributed by atoms with Gasteiger partial charge >= 0.3 is 0 Å². The Kier molecular flexibility index (Phi) is 2.34. The molecule has 0 bridgehead atoms. The first kappa shape index (κ1) is 10.6. The van der Waals surface area contributed by atoms with E-state index in [0.717, 1.165) is 12.8 Å². The third-order valence-corrected chi connectivity index (χ3v) is 3.37. The van der Waals surface area contributed by atoms with Crippen LogP contribution in [0.5, 0.6) is 0 Å². The van der Waals surface area contributed by atoms with Crippen LogP contribution >= 0.6 is 0 Å². The Morgan fingerprint density at radius 2 is 1.80 bits per heavy atom. The molecule has 1 fully saturated rings. The zero-order valence-electron chi connectivity index (χ0n) is 9.62. The predicted molar refractivity (Wildman–Crippen MR) is 59.6 cm³/mol. The number of ether oxygens (including phenoxy) is 1. The van der Waals surface area contributed by atoms with Crippen molar-refractivity contribution in [3.8, 4) is 0 Å². The average Bonchev–Trinajstić information content (AvgIpc) is 2.77. The molecule has 0 N–H and O–H groups in total. The first-order valence-electron chi connectivity index (χ1n) is 5.52. The summed E-state index contributed by atoms with van der Waals surface area (Å²) in [5.41, 5.74) is 0.115. The largest absolute Gasteiger partial charge is 0.367 e. The Morgan fingerprint density at radius 3 is 2.27 bits per heavy atom. The summed E-state index contributed by atoms with van der Waals surface area (Å²) in [6.45, 7) is 6.40. The standard InChI is InChI=1S/C13H18O2/c1-12(2)11(15-12)6-9-13(3)7-4-10(14)5-8-13/h4-5,7-8,11H,6,9H2,1-3H3. The second kappa shape index (κ2) is 3.31. The van der Waals surface area contributed by atoms with E-state index in [4.69, 9.17) is 4.74 Å². The van der Waals surface area contributed by atoms with Crippen molar-refractivity contribution in [2.24, 2.45) is 5.41 Å². The molecule has 2 aliphatic rings. The highest BCUT2D eigenvalue weighted by molar-refractivity contribution is 6.00. The normalized spacial score (nSPS) is 30.6. The first-order chi connectivity index (χ1) is 6.91. The minimum Gasteiger partial charge on any atom is -0.367 e. The molecular weight excluding hydrogens is 188 g/mol. The Morgan fingerprint density at radius 1 is 1.27 bits per heavy atom. The van der Waals surface area contributed by atoms with Gasteiger partial charge in [-0.25, -0.2) is 0 Å². The molecule has 0 spiro atoms. The van der Waals surface area contributed by atoms with E-state index in [9.17, 15) is 4.79 Å². The highest BCUT2D eigenvalue weighted by atomic mass is 16.6. The molecule has 1 unspecified atom stereocenters. The molecular formula is C13H18O2. The fourth-order valence-electron chi connectivity index (χ4n) is 2.00. The number of carbonyl (C=O) groups excluding carboxylic acids is 1. The summed E-state index contributed by atoms with van der Waals surface area (Å²) in [7, 11) is 0. The van der Waals surface area contributed by atoms with Crippen molar-refractivity contribution in [2.75, 3.05) is 0 Å². The maximum atomic E-state index is 11.0. The van der Waals surface area contributed by atoms with Crippen LogP contribution in [-0.2, 0) is 9.53 Å². The maximum Gasteiger partial charge on any atom is 0.178 e. The lowest BCUT2D eigenvalue weighted by Crippen LogP contribution is -2.16. The summed E-state index contributed by atoms with van der Waals surface area (Å²) in [6, 6.07) is 0. The second-order valence-electron chi connectivity index (χ2n) is 5.32. The number of rotatable bonds is 3. The minimum atomic E-state index is 0.0376. The van der Waals surface area contributed by atoms with E-state index in [2.05, 4.69) is 20.8 Å². The summed E-state index contributed by atoms with van der Waals surface area (Å²) in [5, 5.41) is 0. The van der Waals surface area contributed by atoms with Gasteiger partial charge in [-0.15, -0.1) is 0 Å². The molecule has 82 valence electrons. The van der Waals surface area contributed by atoms with Crippen molar-refractivity contribution in [3.05, 3.63) is 24.3 Å². The van der Waals surface area contributed by atoms with Crippen LogP contribution in [0.2, 0.25) is 0 Å². The molecule has 2 nitrogen and oxygen atoms in total. The van der Waals surface area contributed by atoms with Gasteiger partial charge in [0.1, 0.15) is 0 Å². The van der Waals surface area contributed by atoms with Gasteiger partial charge < -0.3 is 4.74 Å².